The van der Waals surface area contributed by atoms with Crippen molar-refractivity contribution in [1.29, 1.82) is 0 Å². The number of aromatic amines is 1. The molecular weight excluding hydrogens is 264 g/mol. The Morgan fingerprint density at radius 3 is 3.15 bits per heavy atom. The lowest BCUT2D eigenvalue weighted by molar-refractivity contribution is 0.0519. The molecule has 0 aromatic carbocycles. The first-order valence-corrected chi connectivity index (χ1v) is 5.86. The van der Waals surface area contributed by atoms with Crippen molar-refractivity contribution in [3.63, 3.8) is 0 Å². The SMILES string of the molecule is CCOC(=O)c1cn(-c2nn3cccc3c(=O)[nH]2)nn1. The quantitative estimate of drug-likeness (QED) is 0.662. The molecule has 1 N–H and O–H groups in total. The average molecular weight is 274 g/mol. The first-order chi connectivity index (χ1) is 9.69. The van der Waals surface area contributed by atoms with Gasteiger partial charge in [0, 0.05) is 6.20 Å². The number of hydrogen-bond acceptors (Lipinski definition) is 6. The summed E-state index contributed by atoms with van der Waals surface area (Å²) in [6.45, 7) is 1.94. The van der Waals surface area contributed by atoms with Crippen LogP contribution in [0.2, 0.25) is 0 Å². The third kappa shape index (κ3) is 1.94. The summed E-state index contributed by atoms with van der Waals surface area (Å²) in [7, 11) is 0. The fourth-order valence-corrected chi connectivity index (χ4v) is 1.70. The van der Waals surface area contributed by atoms with Crippen molar-refractivity contribution < 1.29 is 9.53 Å². The lowest BCUT2D eigenvalue weighted by Crippen LogP contribution is -2.17. The lowest BCUT2D eigenvalue weighted by Gasteiger charge is -1.99. The van der Waals surface area contributed by atoms with Crippen LogP contribution in [0.4, 0.5) is 0 Å². The van der Waals surface area contributed by atoms with E-state index in [1.165, 1.54) is 15.4 Å². The van der Waals surface area contributed by atoms with Gasteiger partial charge in [-0.15, -0.1) is 10.2 Å². The van der Waals surface area contributed by atoms with E-state index in [-0.39, 0.29) is 23.8 Å². The van der Waals surface area contributed by atoms with Gasteiger partial charge >= 0.3 is 5.97 Å². The van der Waals surface area contributed by atoms with Crippen molar-refractivity contribution in [3.05, 3.63) is 40.6 Å². The van der Waals surface area contributed by atoms with Gasteiger partial charge in [0.1, 0.15) is 5.52 Å². The highest BCUT2D eigenvalue weighted by atomic mass is 16.5. The maximum absolute atomic E-state index is 11.8. The first-order valence-electron chi connectivity index (χ1n) is 5.86. The second-order valence-corrected chi connectivity index (χ2v) is 3.88. The molecule has 0 unspecified atom stereocenters. The molecule has 102 valence electrons. The first kappa shape index (κ1) is 12.1. The number of aromatic nitrogens is 6. The predicted octanol–water partition coefficient (Wildman–Crippen LogP) is -0.220. The zero-order chi connectivity index (χ0) is 14.1. The molecule has 0 amide bonds. The van der Waals surface area contributed by atoms with E-state index < -0.39 is 5.97 Å². The van der Waals surface area contributed by atoms with Gasteiger partial charge in [-0.1, -0.05) is 5.21 Å². The van der Waals surface area contributed by atoms with Crippen LogP contribution in [0.25, 0.3) is 11.5 Å². The zero-order valence-electron chi connectivity index (χ0n) is 10.5. The summed E-state index contributed by atoms with van der Waals surface area (Å²) >= 11 is 0. The van der Waals surface area contributed by atoms with E-state index in [2.05, 4.69) is 20.4 Å². The van der Waals surface area contributed by atoms with Crippen molar-refractivity contribution in [3.8, 4) is 5.95 Å². The van der Waals surface area contributed by atoms with Crippen molar-refractivity contribution in [1.82, 2.24) is 29.6 Å². The van der Waals surface area contributed by atoms with Crippen molar-refractivity contribution in [2.45, 2.75) is 6.92 Å². The number of hydrogen-bond donors (Lipinski definition) is 1. The molecule has 3 aromatic rings. The van der Waals surface area contributed by atoms with Crippen LogP contribution in [-0.2, 0) is 4.74 Å². The van der Waals surface area contributed by atoms with E-state index in [0.717, 1.165) is 0 Å². The Morgan fingerprint density at radius 1 is 1.50 bits per heavy atom. The molecular formula is C11H10N6O3. The van der Waals surface area contributed by atoms with E-state index >= 15 is 0 Å². The van der Waals surface area contributed by atoms with Gasteiger partial charge in [0.05, 0.1) is 12.8 Å². The Balaban J connectivity index is 2.03. The summed E-state index contributed by atoms with van der Waals surface area (Å²) in [4.78, 5) is 25.9. The fraction of sp³-hybridized carbons (Fsp3) is 0.182. The zero-order valence-corrected chi connectivity index (χ0v) is 10.5. The number of ether oxygens (including phenoxy) is 1. The second-order valence-electron chi connectivity index (χ2n) is 3.88. The van der Waals surface area contributed by atoms with Crippen LogP contribution < -0.4 is 5.56 Å². The summed E-state index contributed by atoms with van der Waals surface area (Å²) in [6.07, 6.45) is 2.98. The molecule has 9 heteroatoms. The Kier molecular flexibility index (Phi) is 2.78. The van der Waals surface area contributed by atoms with E-state index in [1.54, 1.807) is 25.3 Å². The van der Waals surface area contributed by atoms with E-state index in [9.17, 15) is 9.59 Å². The van der Waals surface area contributed by atoms with Crippen LogP contribution in [0.5, 0.6) is 0 Å². The maximum atomic E-state index is 11.8. The highest BCUT2D eigenvalue weighted by molar-refractivity contribution is 5.86. The molecule has 20 heavy (non-hydrogen) atoms. The van der Waals surface area contributed by atoms with E-state index in [1.807, 2.05) is 0 Å². The van der Waals surface area contributed by atoms with Crippen molar-refractivity contribution in [2.75, 3.05) is 6.61 Å². The minimum atomic E-state index is -0.580. The molecule has 0 atom stereocenters. The van der Waals surface area contributed by atoms with Gasteiger partial charge in [0.25, 0.3) is 11.5 Å². The van der Waals surface area contributed by atoms with Gasteiger partial charge in [-0.3, -0.25) is 9.78 Å². The maximum Gasteiger partial charge on any atom is 0.360 e. The molecule has 0 fully saturated rings. The molecule has 3 rings (SSSR count). The number of carbonyl (C=O) groups is 1. The molecule has 0 aliphatic carbocycles. The summed E-state index contributed by atoms with van der Waals surface area (Å²) in [5, 5.41) is 11.6. The molecule has 9 nitrogen and oxygen atoms in total. The van der Waals surface area contributed by atoms with Gasteiger partial charge in [-0.05, 0) is 19.1 Å². The summed E-state index contributed by atoms with van der Waals surface area (Å²) < 4.78 is 7.42. The molecule has 0 spiro atoms. The number of carbonyl (C=O) groups excluding carboxylic acids is 1. The van der Waals surface area contributed by atoms with Crippen LogP contribution in [-0.4, -0.2) is 42.2 Å². The van der Waals surface area contributed by atoms with Crippen LogP contribution in [0, 0.1) is 0 Å². The monoisotopic (exact) mass is 274 g/mol. The van der Waals surface area contributed by atoms with Crippen LogP contribution in [0.1, 0.15) is 17.4 Å². The summed E-state index contributed by atoms with van der Waals surface area (Å²) in [5.41, 5.74) is 0.148. The van der Waals surface area contributed by atoms with Gasteiger partial charge in [0.15, 0.2) is 5.69 Å². The number of fused-ring (bicyclic) bond motifs is 1. The normalized spacial score (nSPS) is 10.8. The molecule has 0 saturated heterocycles. The number of nitrogens with zero attached hydrogens (tertiary/aromatic N) is 5. The van der Waals surface area contributed by atoms with Crippen LogP contribution >= 0.6 is 0 Å². The Labute approximate surface area is 111 Å². The highest BCUT2D eigenvalue weighted by Gasteiger charge is 2.14. The minimum Gasteiger partial charge on any atom is -0.461 e. The molecule has 3 heterocycles. The Morgan fingerprint density at radius 2 is 2.35 bits per heavy atom. The molecule has 0 radical (unpaired) electrons. The van der Waals surface area contributed by atoms with Gasteiger partial charge in [-0.2, -0.15) is 4.68 Å². The molecule has 0 aliphatic rings. The number of nitrogens with one attached hydrogen (secondary N) is 1. The average Bonchev–Trinajstić information content (AvgIpc) is 3.08. The van der Waals surface area contributed by atoms with E-state index in [4.69, 9.17) is 4.74 Å². The largest absolute Gasteiger partial charge is 0.461 e. The Bertz CT molecular complexity index is 830. The highest BCUT2D eigenvalue weighted by Crippen LogP contribution is 2.02. The summed E-state index contributed by atoms with van der Waals surface area (Å²) in [5.74, 6) is -0.426. The smallest absolute Gasteiger partial charge is 0.360 e. The third-order valence-corrected chi connectivity index (χ3v) is 2.58. The minimum absolute atomic E-state index is 0.0436. The van der Waals surface area contributed by atoms with E-state index in [0.29, 0.717) is 5.52 Å². The fourth-order valence-electron chi connectivity index (χ4n) is 1.70. The number of esters is 1. The molecule has 0 saturated carbocycles. The lowest BCUT2D eigenvalue weighted by atomic mass is 10.5. The topological polar surface area (TPSA) is 107 Å². The number of rotatable bonds is 3. The summed E-state index contributed by atoms with van der Waals surface area (Å²) in [6, 6.07) is 3.34. The third-order valence-electron chi connectivity index (χ3n) is 2.58. The second kappa shape index (κ2) is 4.61. The molecule has 3 aromatic heterocycles. The molecule has 0 aliphatic heterocycles. The van der Waals surface area contributed by atoms with Crippen LogP contribution in [0.15, 0.2) is 29.3 Å². The van der Waals surface area contributed by atoms with Crippen LogP contribution in [0.3, 0.4) is 0 Å². The number of H-pyrrole nitrogens is 1. The Hall–Kier alpha value is -2.97. The molecule has 0 bridgehead atoms. The van der Waals surface area contributed by atoms with Gasteiger partial charge in [-0.25, -0.2) is 9.31 Å². The van der Waals surface area contributed by atoms with Crippen molar-refractivity contribution >= 4 is 11.5 Å². The van der Waals surface area contributed by atoms with Gasteiger partial charge < -0.3 is 4.74 Å². The predicted molar refractivity (Wildman–Crippen MR) is 66.7 cm³/mol. The van der Waals surface area contributed by atoms with Gasteiger partial charge in [0.2, 0.25) is 0 Å². The van der Waals surface area contributed by atoms with Crippen molar-refractivity contribution in [2.24, 2.45) is 0 Å². The standard InChI is InChI=1S/C11H10N6O3/c1-2-20-10(19)7-6-17(15-13-7)11-12-9(18)8-4-3-5-16(8)14-11/h3-6H,2H2,1H3,(H,12,14,18).